The van der Waals surface area contributed by atoms with Crippen LogP contribution in [0, 0.1) is 11.3 Å². The highest BCUT2D eigenvalue weighted by Crippen LogP contribution is 2.39. The van der Waals surface area contributed by atoms with Gasteiger partial charge in [0.1, 0.15) is 11.5 Å². The number of nitriles is 1. The molecule has 8 heteroatoms. The number of para-hydroxylation sites is 1. The van der Waals surface area contributed by atoms with E-state index in [1.54, 1.807) is 44.6 Å². The fraction of sp³-hybridized carbons (Fsp3) is 0.227. The van der Waals surface area contributed by atoms with Crippen molar-refractivity contribution in [3.8, 4) is 17.6 Å². The van der Waals surface area contributed by atoms with Crippen LogP contribution in [0.25, 0.3) is 0 Å². The second-order valence-corrected chi connectivity index (χ2v) is 7.45. The van der Waals surface area contributed by atoms with Gasteiger partial charge in [0.25, 0.3) is 0 Å². The van der Waals surface area contributed by atoms with Crippen LogP contribution in [0.3, 0.4) is 0 Å². The van der Waals surface area contributed by atoms with Crippen LogP contribution in [-0.4, -0.2) is 31.8 Å². The van der Waals surface area contributed by atoms with Gasteiger partial charge >= 0.3 is 0 Å². The number of hydrogen-bond acceptors (Lipinski definition) is 6. The highest BCUT2D eigenvalue weighted by molar-refractivity contribution is 8.03. The highest BCUT2D eigenvalue weighted by Gasteiger charge is 2.31. The molecule has 0 saturated carbocycles. The molecule has 0 aromatic heterocycles. The number of carbonyl (C=O) groups is 2. The van der Waals surface area contributed by atoms with Crippen molar-refractivity contribution in [1.82, 2.24) is 5.32 Å². The van der Waals surface area contributed by atoms with E-state index in [0.717, 1.165) is 17.3 Å². The Morgan fingerprint density at radius 3 is 2.60 bits per heavy atom. The van der Waals surface area contributed by atoms with Crippen LogP contribution in [0.4, 0.5) is 5.69 Å². The molecular weight excluding hydrogens is 402 g/mol. The first-order chi connectivity index (χ1) is 14.5. The molecule has 1 heterocycles. The molecule has 0 fully saturated rings. The summed E-state index contributed by atoms with van der Waals surface area (Å²) < 4.78 is 10.5. The molecular formula is C22H21N3O4S. The first-order valence-electron chi connectivity index (χ1n) is 9.19. The number of hydrogen-bond donors (Lipinski definition) is 2. The van der Waals surface area contributed by atoms with Crippen molar-refractivity contribution >= 4 is 29.3 Å². The lowest BCUT2D eigenvalue weighted by Gasteiger charge is -2.26. The molecule has 0 radical (unpaired) electrons. The predicted octanol–water partition coefficient (Wildman–Crippen LogP) is 3.41. The maximum Gasteiger partial charge on any atom is 0.234 e. The minimum Gasteiger partial charge on any atom is -0.497 e. The number of ether oxygens (including phenoxy) is 2. The average molecular weight is 423 g/mol. The fourth-order valence-electron chi connectivity index (χ4n) is 3.16. The maximum atomic E-state index is 12.3. The summed E-state index contributed by atoms with van der Waals surface area (Å²) in [4.78, 5) is 24.6. The molecule has 0 spiro atoms. The first-order valence-corrected chi connectivity index (χ1v) is 10.2. The van der Waals surface area contributed by atoms with Gasteiger partial charge in [-0.15, -0.1) is 0 Å². The predicted molar refractivity (Wildman–Crippen MR) is 115 cm³/mol. The normalized spacial score (nSPS) is 15.8. The number of thioether (sulfide) groups is 1. The second-order valence-electron chi connectivity index (χ2n) is 6.47. The van der Waals surface area contributed by atoms with E-state index in [4.69, 9.17) is 9.47 Å². The summed E-state index contributed by atoms with van der Waals surface area (Å²) in [5.41, 5.74) is 1.82. The van der Waals surface area contributed by atoms with Gasteiger partial charge in [-0.25, -0.2) is 0 Å². The summed E-state index contributed by atoms with van der Waals surface area (Å²) in [7, 11) is 3.12. The van der Waals surface area contributed by atoms with E-state index in [9.17, 15) is 14.9 Å². The van der Waals surface area contributed by atoms with Crippen LogP contribution in [0.2, 0.25) is 0 Å². The van der Waals surface area contributed by atoms with Crippen LogP contribution < -0.4 is 20.1 Å². The lowest BCUT2D eigenvalue weighted by atomic mass is 9.86. The molecule has 2 amide bonds. The van der Waals surface area contributed by atoms with E-state index in [2.05, 4.69) is 16.7 Å². The summed E-state index contributed by atoms with van der Waals surface area (Å²) in [6, 6.07) is 16.5. The number of nitrogens with zero attached hydrogens (tertiary/aromatic N) is 1. The van der Waals surface area contributed by atoms with Crippen LogP contribution in [-0.2, 0) is 9.59 Å². The quantitative estimate of drug-likeness (QED) is 0.708. The van der Waals surface area contributed by atoms with E-state index in [1.807, 2.05) is 18.2 Å². The van der Waals surface area contributed by atoms with Crippen molar-refractivity contribution in [2.45, 2.75) is 12.3 Å². The molecule has 3 rings (SSSR count). The fourth-order valence-corrected chi connectivity index (χ4v) is 4.04. The van der Waals surface area contributed by atoms with Crippen molar-refractivity contribution in [3.63, 3.8) is 0 Å². The maximum absolute atomic E-state index is 12.3. The van der Waals surface area contributed by atoms with Crippen LogP contribution >= 0.6 is 11.8 Å². The van der Waals surface area contributed by atoms with E-state index < -0.39 is 5.92 Å². The topological polar surface area (TPSA) is 100 Å². The van der Waals surface area contributed by atoms with Crippen molar-refractivity contribution in [1.29, 1.82) is 5.26 Å². The van der Waals surface area contributed by atoms with Gasteiger partial charge in [0.2, 0.25) is 11.8 Å². The first kappa shape index (κ1) is 21.3. The van der Waals surface area contributed by atoms with E-state index in [1.165, 1.54) is 0 Å². The van der Waals surface area contributed by atoms with Crippen molar-refractivity contribution in [2.75, 3.05) is 25.3 Å². The van der Waals surface area contributed by atoms with Gasteiger partial charge in [-0.3, -0.25) is 9.59 Å². The Labute approximate surface area is 179 Å². The third-order valence-corrected chi connectivity index (χ3v) is 5.61. The zero-order chi connectivity index (χ0) is 21.5. The van der Waals surface area contributed by atoms with Crippen molar-refractivity contribution < 1.29 is 19.1 Å². The molecule has 7 nitrogen and oxygen atoms in total. The average Bonchev–Trinajstić information content (AvgIpc) is 2.77. The standard InChI is InChI=1S/C22H21N3O4S/c1-28-15-9-7-14(8-10-15)24-21(27)13-30-22-18(12-23)17(11-20(26)25-22)16-5-3-4-6-19(16)29-2/h3-10,17H,11,13H2,1-2H3,(H,24,27)(H,25,26)/t17-/m0/s1. The Hall–Kier alpha value is -3.44. The summed E-state index contributed by atoms with van der Waals surface area (Å²) >= 11 is 1.13. The minimum absolute atomic E-state index is 0.0471. The number of methoxy groups -OCH3 is 2. The van der Waals surface area contributed by atoms with Gasteiger partial charge in [-0.05, 0) is 30.3 Å². The Balaban J connectivity index is 1.75. The number of benzene rings is 2. The van der Waals surface area contributed by atoms with E-state index >= 15 is 0 Å². The van der Waals surface area contributed by atoms with Crippen LogP contribution in [0.15, 0.2) is 59.1 Å². The van der Waals surface area contributed by atoms with Crippen molar-refractivity contribution in [3.05, 3.63) is 64.7 Å². The zero-order valence-electron chi connectivity index (χ0n) is 16.6. The number of nitrogens with one attached hydrogen (secondary N) is 2. The second kappa shape index (κ2) is 9.85. The van der Waals surface area contributed by atoms with E-state index in [-0.39, 0.29) is 24.0 Å². The third-order valence-electron chi connectivity index (χ3n) is 4.59. The number of carbonyl (C=O) groups excluding carboxylic acids is 2. The number of rotatable bonds is 7. The van der Waals surface area contributed by atoms with Crippen molar-refractivity contribution in [2.24, 2.45) is 0 Å². The number of allylic oxidation sites excluding steroid dienone is 1. The largest absolute Gasteiger partial charge is 0.497 e. The van der Waals surface area contributed by atoms with Gasteiger partial charge in [0, 0.05) is 23.6 Å². The molecule has 0 bridgehead atoms. The number of anilines is 1. The third kappa shape index (κ3) is 4.93. The Morgan fingerprint density at radius 2 is 1.93 bits per heavy atom. The van der Waals surface area contributed by atoms with Gasteiger partial charge < -0.3 is 20.1 Å². The van der Waals surface area contributed by atoms with Gasteiger partial charge in [-0.2, -0.15) is 5.26 Å². The van der Waals surface area contributed by atoms with Crippen LogP contribution in [0.5, 0.6) is 11.5 Å². The molecule has 2 aromatic rings. The Bertz CT molecular complexity index is 1010. The zero-order valence-corrected chi connectivity index (χ0v) is 17.4. The molecule has 0 aliphatic carbocycles. The lowest BCUT2D eigenvalue weighted by Crippen LogP contribution is -2.31. The van der Waals surface area contributed by atoms with Gasteiger partial charge in [0.05, 0.1) is 36.6 Å². The molecule has 30 heavy (non-hydrogen) atoms. The Kier molecular flexibility index (Phi) is 6.99. The molecule has 0 unspecified atom stereocenters. The SMILES string of the molecule is COc1ccc(NC(=O)CSC2=C(C#N)[C@H](c3ccccc3OC)CC(=O)N2)cc1. The minimum atomic E-state index is -0.424. The molecule has 2 N–H and O–H groups in total. The molecule has 1 aliphatic heterocycles. The van der Waals surface area contributed by atoms with E-state index in [0.29, 0.717) is 27.8 Å². The molecule has 154 valence electrons. The smallest absolute Gasteiger partial charge is 0.234 e. The summed E-state index contributed by atoms with van der Waals surface area (Å²) in [5.74, 6) is 0.481. The summed E-state index contributed by atoms with van der Waals surface area (Å²) in [6.45, 7) is 0. The molecule has 0 saturated heterocycles. The molecule has 1 aliphatic rings. The number of amides is 2. The molecule has 2 aromatic carbocycles. The van der Waals surface area contributed by atoms with Crippen LogP contribution in [0.1, 0.15) is 17.9 Å². The highest BCUT2D eigenvalue weighted by atomic mass is 32.2. The summed E-state index contributed by atoms with van der Waals surface area (Å²) in [6.07, 6.45) is 0.144. The monoisotopic (exact) mass is 423 g/mol. The van der Waals surface area contributed by atoms with Gasteiger partial charge in [-0.1, -0.05) is 30.0 Å². The van der Waals surface area contributed by atoms with Gasteiger partial charge in [0.15, 0.2) is 0 Å². The Morgan fingerprint density at radius 1 is 1.20 bits per heavy atom. The lowest BCUT2D eigenvalue weighted by molar-refractivity contribution is -0.121. The summed E-state index contributed by atoms with van der Waals surface area (Å²) in [5, 5.41) is 15.7. The molecule has 1 atom stereocenters.